The number of methoxy groups -OCH3 is 1. The molecular formula is C21H20N2O6S2. The van der Waals surface area contributed by atoms with Gasteiger partial charge in [-0.3, -0.25) is 0 Å². The number of rotatable bonds is 9. The number of carbonyl (C=O) groups excluding carboxylic acids is 1. The number of ether oxygens (including phenoxy) is 3. The van der Waals surface area contributed by atoms with E-state index < -0.39 is 16.0 Å². The van der Waals surface area contributed by atoms with Gasteiger partial charge < -0.3 is 14.2 Å². The van der Waals surface area contributed by atoms with Crippen molar-refractivity contribution >= 4 is 33.5 Å². The van der Waals surface area contributed by atoms with Crippen LogP contribution in [0.2, 0.25) is 0 Å². The summed E-state index contributed by atoms with van der Waals surface area (Å²) in [6, 6.07) is 14.2. The van der Waals surface area contributed by atoms with E-state index in [-0.39, 0.29) is 10.6 Å². The molecule has 3 rings (SSSR count). The van der Waals surface area contributed by atoms with Crippen molar-refractivity contribution in [2.24, 2.45) is 5.10 Å². The second-order valence-electron chi connectivity index (χ2n) is 6.03. The second-order valence-corrected chi connectivity index (χ2v) is 8.64. The van der Waals surface area contributed by atoms with Crippen LogP contribution < -0.4 is 19.0 Å². The van der Waals surface area contributed by atoms with Crippen LogP contribution in [-0.2, 0) is 10.0 Å². The summed E-state index contributed by atoms with van der Waals surface area (Å²) in [5.74, 6) is 0.644. The topological polar surface area (TPSA) is 103 Å². The van der Waals surface area contributed by atoms with Crippen molar-refractivity contribution in [2.45, 2.75) is 11.8 Å². The molecule has 0 bridgehead atoms. The molecule has 0 amide bonds. The number of nitrogens with one attached hydrogen (secondary N) is 1. The van der Waals surface area contributed by atoms with Gasteiger partial charge in [0.1, 0.15) is 10.6 Å². The minimum Gasteiger partial charge on any atom is -0.494 e. The Balaban J connectivity index is 1.68. The van der Waals surface area contributed by atoms with Gasteiger partial charge in [0.05, 0.1) is 24.8 Å². The number of carbonyl (C=O) groups is 1. The van der Waals surface area contributed by atoms with Crippen LogP contribution in [0.25, 0.3) is 0 Å². The maximum Gasteiger partial charge on any atom is 0.353 e. The Bertz CT molecular complexity index is 1160. The van der Waals surface area contributed by atoms with Gasteiger partial charge in [-0.05, 0) is 66.4 Å². The Morgan fingerprint density at radius 2 is 1.90 bits per heavy atom. The van der Waals surface area contributed by atoms with Crippen molar-refractivity contribution in [3.63, 3.8) is 0 Å². The first kappa shape index (κ1) is 22.3. The quantitative estimate of drug-likeness (QED) is 0.226. The van der Waals surface area contributed by atoms with Gasteiger partial charge in [-0.25, -0.2) is 9.63 Å². The Morgan fingerprint density at radius 3 is 2.55 bits per heavy atom. The average molecular weight is 461 g/mol. The highest BCUT2D eigenvalue weighted by Crippen LogP contribution is 2.29. The van der Waals surface area contributed by atoms with Crippen LogP contribution >= 0.6 is 11.3 Å². The molecule has 0 spiro atoms. The standard InChI is InChI=1S/C21H20N2O6S2/c1-3-28-16-7-9-17(10-8-16)31(25,26)23-22-14-15-6-11-18(19(13-15)27-2)29-21(24)20-5-4-12-30-20/h4-14,23H,3H2,1-2H3/b22-14+. The van der Waals surface area contributed by atoms with Gasteiger partial charge in [0.2, 0.25) is 0 Å². The molecule has 0 aliphatic heterocycles. The monoisotopic (exact) mass is 460 g/mol. The number of esters is 1. The van der Waals surface area contributed by atoms with E-state index in [2.05, 4.69) is 9.93 Å². The minimum atomic E-state index is -3.83. The summed E-state index contributed by atoms with van der Waals surface area (Å²) in [5.41, 5.74) is 0.544. The maximum atomic E-state index is 12.4. The van der Waals surface area contributed by atoms with Crippen LogP contribution in [0, 0.1) is 0 Å². The minimum absolute atomic E-state index is 0.0570. The zero-order chi connectivity index (χ0) is 22.3. The molecule has 0 fully saturated rings. The number of thiophene rings is 1. The van der Waals surface area contributed by atoms with Crippen molar-refractivity contribution in [1.82, 2.24) is 4.83 Å². The van der Waals surface area contributed by atoms with Gasteiger partial charge in [-0.2, -0.15) is 13.5 Å². The summed E-state index contributed by atoms with van der Waals surface area (Å²) in [5, 5.41) is 5.58. The fraction of sp³-hybridized carbons (Fsp3) is 0.143. The molecule has 2 aromatic carbocycles. The third-order valence-electron chi connectivity index (χ3n) is 3.94. The molecule has 0 atom stereocenters. The van der Waals surface area contributed by atoms with Gasteiger partial charge in [0, 0.05) is 0 Å². The van der Waals surface area contributed by atoms with Crippen molar-refractivity contribution in [3.8, 4) is 17.2 Å². The van der Waals surface area contributed by atoms with E-state index in [1.165, 1.54) is 36.8 Å². The molecular weight excluding hydrogens is 440 g/mol. The molecule has 31 heavy (non-hydrogen) atoms. The highest BCUT2D eigenvalue weighted by Gasteiger charge is 2.14. The van der Waals surface area contributed by atoms with Crippen LogP contribution in [0.15, 0.2) is 70.0 Å². The van der Waals surface area contributed by atoms with Gasteiger partial charge in [0.15, 0.2) is 11.5 Å². The van der Waals surface area contributed by atoms with Crippen molar-refractivity contribution in [3.05, 3.63) is 70.4 Å². The van der Waals surface area contributed by atoms with Gasteiger partial charge in [-0.1, -0.05) is 6.07 Å². The molecule has 10 heteroatoms. The van der Waals surface area contributed by atoms with Crippen LogP contribution in [0.1, 0.15) is 22.2 Å². The Kier molecular flexibility index (Phi) is 7.27. The lowest BCUT2D eigenvalue weighted by molar-refractivity contribution is 0.0735. The molecule has 0 saturated heterocycles. The highest BCUT2D eigenvalue weighted by atomic mass is 32.2. The van der Waals surface area contributed by atoms with Crippen LogP contribution in [-0.4, -0.2) is 34.3 Å². The third-order valence-corrected chi connectivity index (χ3v) is 6.03. The van der Waals surface area contributed by atoms with E-state index in [0.29, 0.717) is 28.5 Å². The van der Waals surface area contributed by atoms with E-state index in [1.54, 1.807) is 47.8 Å². The molecule has 162 valence electrons. The fourth-order valence-corrected chi connectivity index (χ4v) is 3.89. The van der Waals surface area contributed by atoms with E-state index >= 15 is 0 Å². The lowest BCUT2D eigenvalue weighted by Crippen LogP contribution is -2.18. The zero-order valence-electron chi connectivity index (χ0n) is 16.8. The van der Waals surface area contributed by atoms with Crippen LogP contribution in [0.5, 0.6) is 17.2 Å². The fourth-order valence-electron chi connectivity index (χ4n) is 2.50. The lowest BCUT2D eigenvalue weighted by Gasteiger charge is -2.09. The normalized spacial score (nSPS) is 11.3. The van der Waals surface area contributed by atoms with Crippen LogP contribution in [0.3, 0.4) is 0 Å². The number of sulfonamides is 1. The molecule has 8 nitrogen and oxygen atoms in total. The Morgan fingerprint density at radius 1 is 1.13 bits per heavy atom. The van der Waals surface area contributed by atoms with Crippen molar-refractivity contribution < 1.29 is 27.4 Å². The van der Waals surface area contributed by atoms with E-state index in [0.717, 1.165) is 0 Å². The second kappa shape index (κ2) is 10.1. The number of hydrazone groups is 1. The summed E-state index contributed by atoms with van der Waals surface area (Å²) in [7, 11) is -2.39. The SMILES string of the molecule is CCOc1ccc(S(=O)(=O)N/N=C/c2ccc(OC(=O)c3cccs3)c(OC)c2)cc1. The van der Waals surface area contributed by atoms with Crippen molar-refractivity contribution in [2.75, 3.05) is 13.7 Å². The van der Waals surface area contributed by atoms with Gasteiger partial charge in [0.25, 0.3) is 10.0 Å². The smallest absolute Gasteiger partial charge is 0.353 e. The molecule has 3 aromatic rings. The zero-order valence-corrected chi connectivity index (χ0v) is 18.4. The number of hydrogen-bond donors (Lipinski definition) is 1. The van der Waals surface area contributed by atoms with Crippen molar-refractivity contribution in [1.29, 1.82) is 0 Å². The first-order valence-corrected chi connectivity index (χ1v) is 11.5. The maximum absolute atomic E-state index is 12.4. The summed E-state index contributed by atoms with van der Waals surface area (Å²) in [6.45, 7) is 2.33. The number of nitrogens with zero attached hydrogens (tertiary/aromatic N) is 1. The van der Waals surface area contributed by atoms with E-state index in [4.69, 9.17) is 14.2 Å². The first-order valence-electron chi connectivity index (χ1n) is 9.14. The molecule has 0 aliphatic carbocycles. The number of hydrogen-bond acceptors (Lipinski definition) is 8. The summed E-state index contributed by atoms with van der Waals surface area (Å²) >= 11 is 1.27. The highest BCUT2D eigenvalue weighted by molar-refractivity contribution is 7.89. The number of benzene rings is 2. The van der Waals surface area contributed by atoms with E-state index in [1.807, 2.05) is 6.92 Å². The predicted octanol–water partition coefficient (Wildman–Crippen LogP) is 3.69. The summed E-state index contributed by atoms with van der Waals surface area (Å²) in [6.07, 6.45) is 1.32. The summed E-state index contributed by atoms with van der Waals surface area (Å²) in [4.78, 5) is 14.8. The Hall–Kier alpha value is -3.37. The molecule has 1 heterocycles. The van der Waals surface area contributed by atoms with E-state index in [9.17, 15) is 13.2 Å². The Labute approximate surface area is 184 Å². The largest absolute Gasteiger partial charge is 0.494 e. The average Bonchev–Trinajstić information content (AvgIpc) is 3.30. The summed E-state index contributed by atoms with van der Waals surface area (Å²) < 4.78 is 40.6. The molecule has 1 aromatic heterocycles. The molecule has 1 N–H and O–H groups in total. The third kappa shape index (κ3) is 5.83. The predicted molar refractivity (Wildman–Crippen MR) is 118 cm³/mol. The molecule has 0 saturated carbocycles. The van der Waals surface area contributed by atoms with Gasteiger partial charge in [-0.15, -0.1) is 11.3 Å². The van der Waals surface area contributed by atoms with Gasteiger partial charge >= 0.3 is 5.97 Å². The first-order chi connectivity index (χ1) is 14.9. The van der Waals surface area contributed by atoms with Crippen LogP contribution in [0.4, 0.5) is 0 Å². The lowest BCUT2D eigenvalue weighted by atomic mass is 10.2. The molecule has 0 aliphatic rings. The molecule has 0 radical (unpaired) electrons. The molecule has 0 unspecified atom stereocenters.